The summed E-state index contributed by atoms with van der Waals surface area (Å²) in [5, 5.41) is 11.7. The van der Waals surface area contributed by atoms with Crippen molar-refractivity contribution in [3.05, 3.63) is 29.6 Å². The molecule has 0 aromatic heterocycles. The van der Waals surface area contributed by atoms with Crippen molar-refractivity contribution in [3.63, 3.8) is 0 Å². The molecule has 4 rings (SSSR count). The van der Waals surface area contributed by atoms with Crippen LogP contribution in [0.15, 0.2) is 18.2 Å². The number of piperidine rings is 1. The van der Waals surface area contributed by atoms with Crippen LogP contribution >= 0.6 is 0 Å². The van der Waals surface area contributed by atoms with Crippen LogP contribution in [0.4, 0.5) is 28.0 Å². The fraction of sp³-hybridized carbons (Fsp3) is 0.550. The minimum Gasteiger partial charge on any atom is -0.442 e. The third kappa shape index (κ3) is 4.10. The number of aliphatic hydroxyl groups is 1. The molecule has 0 bridgehead atoms. The van der Waals surface area contributed by atoms with Gasteiger partial charge in [0, 0.05) is 20.0 Å². The highest BCUT2D eigenvalue weighted by Crippen LogP contribution is 2.59. The van der Waals surface area contributed by atoms with Gasteiger partial charge in [0.25, 0.3) is 5.91 Å². The summed E-state index contributed by atoms with van der Waals surface area (Å²) in [5.74, 6) is -2.82. The Labute approximate surface area is 180 Å². The molecule has 2 N–H and O–H groups in total. The molecule has 1 saturated carbocycles. The molecule has 2 saturated heterocycles. The number of nitrogens with zero attached hydrogens (tertiary/aromatic N) is 2. The van der Waals surface area contributed by atoms with Crippen LogP contribution in [0, 0.1) is 17.7 Å². The quantitative estimate of drug-likeness (QED) is 0.649. The fourth-order valence-electron chi connectivity index (χ4n) is 4.53. The average Bonchev–Trinajstić information content (AvgIpc) is 3.03. The van der Waals surface area contributed by atoms with Crippen molar-refractivity contribution in [1.29, 1.82) is 0 Å². The van der Waals surface area contributed by atoms with Gasteiger partial charge in [-0.25, -0.2) is 9.18 Å². The molecule has 1 aromatic carbocycles. The van der Waals surface area contributed by atoms with Gasteiger partial charge in [0.2, 0.25) is 12.0 Å². The molecule has 32 heavy (non-hydrogen) atoms. The summed E-state index contributed by atoms with van der Waals surface area (Å²) < 4.78 is 57.6. The van der Waals surface area contributed by atoms with E-state index >= 15 is 0 Å². The van der Waals surface area contributed by atoms with Crippen molar-refractivity contribution < 1.29 is 41.8 Å². The van der Waals surface area contributed by atoms with Gasteiger partial charge in [0.1, 0.15) is 11.9 Å². The Morgan fingerprint density at radius 3 is 2.47 bits per heavy atom. The largest absolute Gasteiger partial charge is 0.442 e. The number of likely N-dealkylation sites (tertiary alicyclic amines) is 1. The molecule has 12 heteroatoms. The zero-order chi connectivity index (χ0) is 23.4. The number of alkyl halides is 3. The molecule has 0 spiro atoms. The van der Waals surface area contributed by atoms with Crippen LogP contribution in [0.1, 0.15) is 18.4 Å². The number of carbonyl (C=O) groups is 3. The summed E-state index contributed by atoms with van der Waals surface area (Å²) in [6, 6.07) is 4.28. The number of ether oxygens (including phenoxy) is 1. The van der Waals surface area contributed by atoms with E-state index in [2.05, 4.69) is 5.32 Å². The number of benzene rings is 1. The smallest absolute Gasteiger partial charge is 0.423 e. The highest BCUT2D eigenvalue weighted by atomic mass is 19.4. The van der Waals surface area contributed by atoms with E-state index in [0.717, 1.165) is 4.90 Å². The van der Waals surface area contributed by atoms with Gasteiger partial charge in [-0.05, 0) is 35.4 Å². The summed E-state index contributed by atoms with van der Waals surface area (Å²) in [7, 11) is 0. The van der Waals surface area contributed by atoms with Crippen molar-refractivity contribution in [2.75, 3.05) is 31.1 Å². The summed E-state index contributed by atoms with van der Waals surface area (Å²) in [6.07, 6.45) is -9.30. The lowest BCUT2D eigenvalue weighted by molar-refractivity contribution is -0.210. The van der Waals surface area contributed by atoms with E-state index in [1.807, 2.05) is 0 Å². The first-order valence-electron chi connectivity index (χ1n) is 10.0. The molecule has 1 aliphatic carbocycles. The van der Waals surface area contributed by atoms with Gasteiger partial charge in [0.15, 0.2) is 0 Å². The first-order valence-corrected chi connectivity index (χ1v) is 10.0. The lowest BCUT2D eigenvalue weighted by Gasteiger charge is -2.24. The minimum absolute atomic E-state index is 0.0196. The van der Waals surface area contributed by atoms with Gasteiger partial charge >= 0.3 is 12.3 Å². The van der Waals surface area contributed by atoms with Gasteiger partial charge < -0.3 is 20.1 Å². The van der Waals surface area contributed by atoms with Gasteiger partial charge in [-0.3, -0.25) is 14.5 Å². The summed E-state index contributed by atoms with van der Waals surface area (Å²) in [6.45, 7) is 1.66. The number of halogens is 4. The van der Waals surface area contributed by atoms with Gasteiger partial charge in [-0.1, -0.05) is 6.07 Å². The number of hydrogen-bond acceptors (Lipinski definition) is 5. The van der Waals surface area contributed by atoms with E-state index in [1.54, 1.807) is 6.07 Å². The van der Waals surface area contributed by atoms with Gasteiger partial charge in [-0.2, -0.15) is 13.2 Å². The number of hydrogen-bond donors (Lipinski definition) is 2. The van der Waals surface area contributed by atoms with Crippen molar-refractivity contribution in [3.8, 4) is 0 Å². The number of amides is 3. The number of nitrogens with one attached hydrogen (secondary N) is 1. The number of rotatable bonds is 5. The Morgan fingerprint density at radius 2 is 1.91 bits per heavy atom. The molecule has 1 aromatic rings. The zero-order valence-corrected chi connectivity index (χ0v) is 16.9. The SMILES string of the molecule is CC(=O)NC[C@H]1CN(c2ccc(C3[C@H]4CN(C(=O)[C@@H](O)C(F)(F)F)C[C@@H]34)c(F)c2)C(=O)O1. The molecule has 8 nitrogen and oxygen atoms in total. The highest BCUT2D eigenvalue weighted by Gasteiger charge is 2.59. The molecule has 174 valence electrons. The van der Waals surface area contributed by atoms with E-state index < -0.39 is 36.2 Å². The Kier molecular flexibility index (Phi) is 5.51. The van der Waals surface area contributed by atoms with Crippen LogP contribution in [0.25, 0.3) is 0 Å². The number of anilines is 1. The Hall–Kier alpha value is -2.89. The Balaban J connectivity index is 1.37. The number of fused-ring (bicyclic) bond motifs is 1. The molecular formula is C20H21F4N3O5. The zero-order valence-electron chi connectivity index (χ0n) is 16.9. The summed E-state index contributed by atoms with van der Waals surface area (Å²) >= 11 is 0. The predicted octanol–water partition coefficient (Wildman–Crippen LogP) is 1.38. The molecule has 3 aliphatic rings. The molecule has 3 amide bonds. The van der Waals surface area contributed by atoms with Crippen LogP contribution in [0.5, 0.6) is 0 Å². The lowest BCUT2D eigenvalue weighted by atomic mass is 10.0. The summed E-state index contributed by atoms with van der Waals surface area (Å²) in [5.41, 5.74) is 0.659. The van der Waals surface area contributed by atoms with Crippen molar-refractivity contribution in [2.24, 2.45) is 11.8 Å². The van der Waals surface area contributed by atoms with Crippen molar-refractivity contribution >= 4 is 23.6 Å². The topological polar surface area (TPSA) is 99.2 Å². The van der Waals surface area contributed by atoms with Crippen LogP contribution in [0.2, 0.25) is 0 Å². The maximum absolute atomic E-state index is 14.8. The monoisotopic (exact) mass is 459 g/mol. The second kappa shape index (κ2) is 7.91. The second-order valence-electron chi connectivity index (χ2n) is 8.30. The van der Waals surface area contributed by atoms with Crippen LogP contribution in [-0.4, -0.2) is 72.5 Å². The molecule has 2 aliphatic heterocycles. The average molecular weight is 459 g/mol. The molecule has 5 atom stereocenters. The minimum atomic E-state index is -5.02. The van der Waals surface area contributed by atoms with Gasteiger partial charge in [-0.15, -0.1) is 0 Å². The Bertz CT molecular complexity index is 944. The number of cyclic esters (lactones) is 1. The van der Waals surface area contributed by atoms with E-state index in [9.17, 15) is 31.9 Å². The highest BCUT2D eigenvalue weighted by molar-refractivity contribution is 5.90. The lowest BCUT2D eigenvalue weighted by Crippen LogP contribution is -2.46. The molecular weight excluding hydrogens is 438 g/mol. The van der Waals surface area contributed by atoms with Gasteiger partial charge in [0.05, 0.1) is 18.8 Å². The Morgan fingerprint density at radius 1 is 1.25 bits per heavy atom. The standard InChI is InChI=1S/C20H21F4N3O5/c1-9(28)25-5-11-6-27(19(31)32-11)10-2-3-12(15(21)4-10)16-13-7-26(8-14(13)16)18(30)17(29)20(22,23)24/h2-4,11,13-14,16-17,29H,5-8H2,1H3,(H,25,28)/t11-,13-,14+,16?,17+/m0/s1. The van der Waals surface area contributed by atoms with Crippen molar-refractivity contribution in [1.82, 2.24) is 10.2 Å². The van der Waals surface area contributed by atoms with E-state index in [-0.39, 0.29) is 55.5 Å². The van der Waals surface area contributed by atoms with Crippen molar-refractivity contribution in [2.45, 2.75) is 31.2 Å². The molecule has 2 heterocycles. The van der Waals surface area contributed by atoms with E-state index in [1.165, 1.54) is 24.0 Å². The molecule has 1 unspecified atom stereocenters. The van der Waals surface area contributed by atoms with Crippen LogP contribution < -0.4 is 10.2 Å². The summed E-state index contributed by atoms with van der Waals surface area (Å²) in [4.78, 5) is 37.1. The van der Waals surface area contributed by atoms with Crippen LogP contribution in [-0.2, 0) is 14.3 Å². The molecule has 3 fully saturated rings. The normalized spacial score (nSPS) is 27.8. The number of aliphatic hydroxyl groups excluding tert-OH is 1. The first-order chi connectivity index (χ1) is 15.0. The number of carbonyl (C=O) groups excluding carboxylic acids is 3. The predicted molar refractivity (Wildman–Crippen MR) is 101 cm³/mol. The third-order valence-electron chi connectivity index (χ3n) is 6.16. The first kappa shape index (κ1) is 22.3. The van der Waals surface area contributed by atoms with Crippen LogP contribution in [0.3, 0.4) is 0 Å². The second-order valence-corrected chi connectivity index (χ2v) is 8.30. The molecule has 0 radical (unpaired) electrons. The van der Waals surface area contributed by atoms with E-state index in [0.29, 0.717) is 5.56 Å². The third-order valence-corrected chi connectivity index (χ3v) is 6.16. The fourth-order valence-corrected chi connectivity index (χ4v) is 4.53. The maximum atomic E-state index is 14.8. The van der Waals surface area contributed by atoms with E-state index in [4.69, 9.17) is 9.84 Å². The maximum Gasteiger partial charge on any atom is 0.423 e.